The van der Waals surface area contributed by atoms with Gasteiger partial charge in [0.25, 0.3) is 0 Å². The maximum Gasteiger partial charge on any atom is 0.410 e. The van der Waals surface area contributed by atoms with Crippen molar-refractivity contribution in [3.05, 3.63) is 24.3 Å². The van der Waals surface area contributed by atoms with Crippen molar-refractivity contribution < 1.29 is 14.3 Å². The van der Waals surface area contributed by atoms with Crippen LogP contribution in [-0.4, -0.2) is 48.9 Å². The summed E-state index contributed by atoms with van der Waals surface area (Å²) in [6.07, 6.45) is -0.234. The van der Waals surface area contributed by atoms with Gasteiger partial charge in [0.05, 0.1) is 7.11 Å². The lowest BCUT2D eigenvalue weighted by Crippen LogP contribution is -2.59. The van der Waals surface area contributed by atoms with E-state index in [9.17, 15) is 4.79 Å². The number of methoxy groups -OCH3 is 1. The normalized spacial score (nSPS) is 22.0. The summed E-state index contributed by atoms with van der Waals surface area (Å²) < 4.78 is 10.8. The van der Waals surface area contributed by atoms with Crippen LogP contribution in [0.4, 0.5) is 10.5 Å². The van der Waals surface area contributed by atoms with E-state index in [1.807, 2.05) is 43.9 Å². The minimum absolute atomic E-state index is 0.0900. The summed E-state index contributed by atoms with van der Waals surface area (Å²) in [5.41, 5.74) is 0.650. The third kappa shape index (κ3) is 4.30. The number of ether oxygens (including phenoxy) is 2. The highest BCUT2D eigenvalue weighted by atomic mass is 16.6. The predicted octanol–water partition coefficient (Wildman–Crippen LogP) is 3.53. The van der Waals surface area contributed by atoms with E-state index < -0.39 is 5.60 Å². The molecule has 1 heterocycles. The third-order valence-corrected chi connectivity index (χ3v) is 4.00. The fourth-order valence-electron chi connectivity index (χ4n) is 2.85. The minimum atomic E-state index is -0.468. The number of carbonyl (C=O) groups is 1. The minimum Gasteiger partial charge on any atom is -0.497 e. The topological polar surface area (TPSA) is 42.0 Å². The zero-order valence-electron chi connectivity index (χ0n) is 15.0. The molecule has 0 aromatic heterocycles. The summed E-state index contributed by atoms with van der Waals surface area (Å²) in [4.78, 5) is 16.5. The standard InChI is InChI=1S/C18H28N2O3/c1-13-12-20(17(21)23-18(3,4)5)14(2)11-19(13)15-8-7-9-16(10-15)22-6/h7-10,13-14H,11-12H2,1-6H3/t13-,14-/m0/s1. The summed E-state index contributed by atoms with van der Waals surface area (Å²) in [6.45, 7) is 11.3. The molecule has 0 aliphatic carbocycles. The molecular weight excluding hydrogens is 292 g/mol. The van der Waals surface area contributed by atoms with Crippen molar-refractivity contribution in [2.45, 2.75) is 52.3 Å². The molecular formula is C18H28N2O3. The van der Waals surface area contributed by atoms with E-state index in [2.05, 4.69) is 24.8 Å². The zero-order valence-corrected chi connectivity index (χ0v) is 15.0. The van der Waals surface area contributed by atoms with Crippen LogP contribution in [0.25, 0.3) is 0 Å². The summed E-state index contributed by atoms with van der Waals surface area (Å²) >= 11 is 0. The smallest absolute Gasteiger partial charge is 0.410 e. The third-order valence-electron chi connectivity index (χ3n) is 4.00. The Morgan fingerprint density at radius 2 is 1.87 bits per heavy atom. The molecule has 0 saturated carbocycles. The Bertz CT molecular complexity index is 553. The molecule has 0 N–H and O–H groups in total. The van der Waals surface area contributed by atoms with E-state index >= 15 is 0 Å². The van der Waals surface area contributed by atoms with Crippen LogP contribution in [0.1, 0.15) is 34.6 Å². The van der Waals surface area contributed by atoms with Gasteiger partial charge in [-0.05, 0) is 46.8 Å². The Morgan fingerprint density at radius 1 is 1.17 bits per heavy atom. The van der Waals surface area contributed by atoms with Gasteiger partial charge in [-0.25, -0.2) is 4.79 Å². The first-order valence-corrected chi connectivity index (χ1v) is 8.11. The Morgan fingerprint density at radius 3 is 2.48 bits per heavy atom. The van der Waals surface area contributed by atoms with Crippen molar-refractivity contribution in [3.8, 4) is 5.75 Å². The Labute approximate surface area is 139 Å². The Balaban J connectivity index is 2.11. The molecule has 1 fully saturated rings. The number of carbonyl (C=O) groups excluding carboxylic acids is 1. The van der Waals surface area contributed by atoms with Crippen LogP contribution in [0.15, 0.2) is 24.3 Å². The molecule has 1 aromatic carbocycles. The second-order valence-corrected chi connectivity index (χ2v) is 7.18. The Kier molecular flexibility index (Phi) is 5.07. The molecule has 2 rings (SSSR count). The Hall–Kier alpha value is -1.91. The number of hydrogen-bond acceptors (Lipinski definition) is 4. The molecule has 0 unspecified atom stereocenters. The molecule has 1 aromatic rings. The molecule has 1 amide bonds. The van der Waals surface area contributed by atoms with Crippen molar-refractivity contribution in [2.24, 2.45) is 0 Å². The first-order chi connectivity index (χ1) is 10.7. The van der Waals surface area contributed by atoms with Crippen molar-refractivity contribution in [2.75, 3.05) is 25.1 Å². The van der Waals surface area contributed by atoms with Crippen LogP contribution in [-0.2, 0) is 4.74 Å². The first-order valence-electron chi connectivity index (χ1n) is 8.11. The number of nitrogens with zero attached hydrogens (tertiary/aromatic N) is 2. The van der Waals surface area contributed by atoms with Crippen molar-refractivity contribution in [3.63, 3.8) is 0 Å². The second-order valence-electron chi connectivity index (χ2n) is 7.18. The van der Waals surface area contributed by atoms with Gasteiger partial charge < -0.3 is 19.3 Å². The van der Waals surface area contributed by atoms with E-state index in [4.69, 9.17) is 9.47 Å². The molecule has 23 heavy (non-hydrogen) atoms. The van der Waals surface area contributed by atoms with Gasteiger partial charge in [-0.1, -0.05) is 6.07 Å². The molecule has 0 radical (unpaired) electrons. The number of piperazine rings is 1. The van der Waals surface area contributed by atoms with E-state index in [1.54, 1.807) is 7.11 Å². The van der Waals surface area contributed by atoms with Crippen molar-refractivity contribution in [1.29, 1.82) is 0 Å². The maximum absolute atomic E-state index is 12.4. The lowest BCUT2D eigenvalue weighted by atomic mass is 10.1. The van der Waals surface area contributed by atoms with Gasteiger partial charge in [0, 0.05) is 36.9 Å². The highest BCUT2D eigenvalue weighted by molar-refractivity contribution is 5.69. The van der Waals surface area contributed by atoms with Gasteiger partial charge in [0.15, 0.2) is 0 Å². The number of amides is 1. The molecule has 2 atom stereocenters. The lowest BCUT2D eigenvalue weighted by Gasteiger charge is -2.45. The van der Waals surface area contributed by atoms with Crippen LogP contribution in [0.3, 0.4) is 0 Å². The first kappa shape index (κ1) is 17.4. The van der Waals surface area contributed by atoms with E-state index in [-0.39, 0.29) is 18.2 Å². The van der Waals surface area contributed by atoms with Gasteiger partial charge in [0.2, 0.25) is 0 Å². The van der Waals surface area contributed by atoms with E-state index in [0.29, 0.717) is 6.54 Å². The molecule has 0 bridgehead atoms. The highest BCUT2D eigenvalue weighted by Gasteiger charge is 2.34. The molecule has 5 heteroatoms. The molecule has 1 aliphatic heterocycles. The molecule has 128 valence electrons. The fraction of sp³-hybridized carbons (Fsp3) is 0.611. The van der Waals surface area contributed by atoms with Crippen LogP contribution in [0.5, 0.6) is 5.75 Å². The summed E-state index contributed by atoms with van der Waals surface area (Å²) in [7, 11) is 1.67. The number of hydrogen-bond donors (Lipinski definition) is 0. The molecule has 1 aliphatic rings. The quantitative estimate of drug-likeness (QED) is 0.836. The number of benzene rings is 1. The van der Waals surface area contributed by atoms with Crippen LogP contribution >= 0.6 is 0 Å². The predicted molar refractivity (Wildman–Crippen MR) is 92.2 cm³/mol. The number of anilines is 1. The monoisotopic (exact) mass is 320 g/mol. The SMILES string of the molecule is COc1cccc(N2C[C@H](C)N(C(=O)OC(C)(C)C)C[C@@H]2C)c1. The van der Waals surface area contributed by atoms with Gasteiger partial charge in [0.1, 0.15) is 11.4 Å². The van der Waals surface area contributed by atoms with Gasteiger partial charge in [-0.3, -0.25) is 0 Å². The molecule has 0 spiro atoms. The van der Waals surface area contributed by atoms with Crippen LogP contribution in [0, 0.1) is 0 Å². The fourth-order valence-corrected chi connectivity index (χ4v) is 2.85. The summed E-state index contributed by atoms with van der Waals surface area (Å²) in [5.74, 6) is 0.844. The van der Waals surface area contributed by atoms with Gasteiger partial charge >= 0.3 is 6.09 Å². The van der Waals surface area contributed by atoms with E-state index in [1.165, 1.54) is 0 Å². The molecule has 5 nitrogen and oxygen atoms in total. The number of rotatable bonds is 2. The van der Waals surface area contributed by atoms with E-state index in [0.717, 1.165) is 18.0 Å². The average molecular weight is 320 g/mol. The molecule has 1 saturated heterocycles. The van der Waals surface area contributed by atoms with Gasteiger partial charge in [-0.15, -0.1) is 0 Å². The summed E-state index contributed by atoms with van der Waals surface area (Å²) in [6, 6.07) is 8.35. The van der Waals surface area contributed by atoms with Crippen LogP contribution < -0.4 is 9.64 Å². The zero-order chi connectivity index (χ0) is 17.2. The van der Waals surface area contributed by atoms with Crippen LogP contribution in [0.2, 0.25) is 0 Å². The lowest BCUT2D eigenvalue weighted by molar-refractivity contribution is 0.0130. The average Bonchev–Trinajstić information content (AvgIpc) is 2.47. The van der Waals surface area contributed by atoms with Crippen molar-refractivity contribution >= 4 is 11.8 Å². The second kappa shape index (κ2) is 6.69. The summed E-state index contributed by atoms with van der Waals surface area (Å²) in [5, 5.41) is 0. The maximum atomic E-state index is 12.4. The van der Waals surface area contributed by atoms with Crippen molar-refractivity contribution in [1.82, 2.24) is 4.90 Å². The highest BCUT2D eigenvalue weighted by Crippen LogP contribution is 2.27. The van der Waals surface area contributed by atoms with Gasteiger partial charge in [-0.2, -0.15) is 0 Å². The largest absolute Gasteiger partial charge is 0.497 e.